The van der Waals surface area contributed by atoms with Crippen molar-refractivity contribution in [1.82, 2.24) is 10.6 Å². The second-order valence-corrected chi connectivity index (χ2v) is 7.60. The maximum Gasteiger partial charge on any atom is 0.407 e. The van der Waals surface area contributed by atoms with Gasteiger partial charge in [0.25, 0.3) is 0 Å². The number of hydrogen-bond acceptors (Lipinski definition) is 6. The number of carbonyl (C=O) groups is 3. The number of fused-ring (bicyclic) bond motifs is 3. The molecule has 0 aromatic heterocycles. The number of carbonyl (C=O) groups excluding carboxylic acids is 2. The van der Waals surface area contributed by atoms with E-state index in [1.165, 1.54) is 14.2 Å². The maximum atomic E-state index is 12.5. The van der Waals surface area contributed by atoms with Crippen molar-refractivity contribution in [2.45, 2.75) is 31.1 Å². The molecule has 0 fully saturated rings. The Morgan fingerprint density at radius 3 is 2.09 bits per heavy atom. The minimum absolute atomic E-state index is 0.0434. The summed E-state index contributed by atoms with van der Waals surface area (Å²) in [6.07, 6.45) is -1.84. The molecule has 0 heterocycles. The third-order valence-electron chi connectivity index (χ3n) is 5.57. The molecule has 1 aliphatic carbocycles. The van der Waals surface area contributed by atoms with Gasteiger partial charge in [0, 0.05) is 26.6 Å². The van der Waals surface area contributed by atoms with Crippen molar-refractivity contribution in [3.63, 3.8) is 0 Å². The molecule has 1 aliphatic rings. The van der Waals surface area contributed by atoms with Crippen molar-refractivity contribution in [1.29, 1.82) is 0 Å². The third-order valence-corrected chi connectivity index (χ3v) is 5.57. The van der Waals surface area contributed by atoms with Crippen LogP contribution in [0.4, 0.5) is 4.79 Å². The van der Waals surface area contributed by atoms with Crippen molar-refractivity contribution < 1.29 is 33.7 Å². The van der Waals surface area contributed by atoms with Crippen molar-refractivity contribution in [3.05, 3.63) is 59.7 Å². The molecule has 2 aromatic rings. The summed E-state index contributed by atoms with van der Waals surface area (Å²) in [4.78, 5) is 36.0. The average Bonchev–Trinajstić information content (AvgIpc) is 3.14. The van der Waals surface area contributed by atoms with E-state index in [-0.39, 0.29) is 31.9 Å². The predicted octanol–water partition coefficient (Wildman–Crippen LogP) is 2.49. The van der Waals surface area contributed by atoms with Gasteiger partial charge in [0.15, 0.2) is 6.29 Å². The molecule has 3 N–H and O–H groups in total. The highest BCUT2D eigenvalue weighted by atomic mass is 16.7. The second-order valence-electron chi connectivity index (χ2n) is 7.60. The number of aliphatic carboxylic acids is 1. The summed E-state index contributed by atoms with van der Waals surface area (Å²) in [5.41, 5.74) is 4.34. The fourth-order valence-corrected chi connectivity index (χ4v) is 3.89. The van der Waals surface area contributed by atoms with Crippen LogP contribution in [0.15, 0.2) is 48.5 Å². The quantitative estimate of drug-likeness (QED) is 0.444. The molecule has 176 valence electrons. The monoisotopic (exact) mass is 456 g/mol. The Hall–Kier alpha value is -3.43. The SMILES string of the molecule is COC(CNC(=O)C(CCC(=O)O)NC(=O)OCC1c2ccccc2-c2ccccc21)OC. The molecule has 0 radical (unpaired) electrons. The van der Waals surface area contributed by atoms with Gasteiger partial charge in [-0.05, 0) is 28.7 Å². The van der Waals surface area contributed by atoms with Crippen LogP contribution in [-0.2, 0) is 23.8 Å². The van der Waals surface area contributed by atoms with Gasteiger partial charge in [-0.15, -0.1) is 0 Å². The Morgan fingerprint density at radius 1 is 0.970 bits per heavy atom. The first kappa shape index (κ1) is 24.2. The first-order chi connectivity index (χ1) is 15.9. The molecule has 9 nitrogen and oxygen atoms in total. The summed E-state index contributed by atoms with van der Waals surface area (Å²) in [6, 6.07) is 14.8. The molecule has 0 saturated heterocycles. The lowest BCUT2D eigenvalue weighted by Crippen LogP contribution is -2.49. The van der Waals surface area contributed by atoms with Gasteiger partial charge < -0.3 is 30.0 Å². The van der Waals surface area contributed by atoms with Crippen LogP contribution in [0.5, 0.6) is 0 Å². The van der Waals surface area contributed by atoms with Crippen LogP contribution in [0, 0.1) is 0 Å². The lowest BCUT2D eigenvalue weighted by molar-refractivity contribution is -0.137. The smallest absolute Gasteiger partial charge is 0.407 e. The largest absolute Gasteiger partial charge is 0.481 e. The Bertz CT molecular complexity index is 945. The van der Waals surface area contributed by atoms with Gasteiger partial charge >= 0.3 is 12.1 Å². The van der Waals surface area contributed by atoms with E-state index in [0.29, 0.717) is 0 Å². The lowest BCUT2D eigenvalue weighted by atomic mass is 9.98. The van der Waals surface area contributed by atoms with Crippen LogP contribution in [0.2, 0.25) is 0 Å². The summed E-state index contributed by atoms with van der Waals surface area (Å²) >= 11 is 0. The van der Waals surface area contributed by atoms with Crippen LogP contribution in [-0.4, -0.2) is 62.8 Å². The number of nitrogens with one attached hydrogen (secondary N) is 2. The normalized spacial score (nSPS) is 13.2. The minimum Gasteiger partial charge on any atom is -0.481 e. The first-order valence-electron chi connectivity index (χ1n) is 10.6. The van der Waals surface area contributed by atoms with Crippen molar-refractivity contribution in [2.24, 2.45) is 0 Å². The zero-order valence-corrected chi connectivity index (χ0v) is 18.6. The molecule has 2 aromatic carbocycles. The van der Waals surface area contributed by atoms with Crippen LogP contribution >= 0.6 is 0 Å². The van der Waals surface area contributed by atoms with E-state index < -0.39 is 30.3 Å². The number of carboxylic acids is 1. The lowest BCUT2D eigenvalue weighted by Gasteiger charge is -2.20. The molecule has 1 unspecified atom stereocenters. The number of ether oxygens (including phenoxy) is 3. The van der Waals surface area contributed by atoms with E-state index in [9.17, 15) is 14.4 Å². The summed E-state index contributed by atoms with van der Waals surface area (Å²) in [5.74, 6) is -1.75. The zero-order chi connectivity index (χ0) is 23.8. The molecule has 0 bridgehead atoms. The van der Waals surface area contributed by atoms with E-state index in [0.717, 1.165) is 22.3 Å². The molecule has 2 amide bonds. The molecule has 3 rings (SSSR count). The van der Waals surface area contributed by atoms with Crippen molar-refractivity contribution >= 4 is 18.0 Å². The van der Waals surface area contributed by atoms with Crippen LogP contribution in [0.3, 0.4) is 0 Å². The van der Waals surface area contributed by atoms with Gasteiger partial charge in [0.1, 0.15) is 12.6 Å². The molecular weight excluding hydrogens is 428 g/mol. The predicted molar refractivity (Wildman–Crippen MR) is 120 cm³/mol. The fourth-order valence-electron chi connectivity index (χ4n) is 3.89. The number of methoxy groups -OCH3 is 2. The van der Waals surface area contributed by atoms with Crippen LogP contribution in [0.1, 0.15) is 29.9 Å². The fraction of sp³-hybridized carbons (Fsp3) is 0.375. The zero-order valence-electron chi connectivity index (χ0n) is 18.6. The number of alkyl carbamates (subject to hydrolysis) is 1. The number of hydrogen-bond donors (Lipinski definition) is 3. The standard InChI is InChI=1S/C24H28N2O7/c1-31-22(32-2)13-25-23(29)20(11-12-21(27)28)26-24(30)33-14-19-17-9-5-3-7-15(17)16-8-4-6-10-18(16)19/h3-10,19-20,22H,11-14H2,1-2H3,(H,25,29)(H,26,30)(H,27,28). The number of carboxylic acid groups (broad SMARTS) is 1. The first-order valence-corrected chi connectivity index (χ1v) is 10.6. The average molecular weight is 456 g/mol. The molecule has 0 aliphatic heterocycles. The molecule has 1 atom stereocenters. The van der Waals surface area contributed by atoms with Crippen LogP contribution in [0.25, 0.3) is 11.1 Å². The highest BCUT2D eigenvalue weighted by Crippen LogP contribution is 2.44. The van der Waals surface area contributed by atoms with Crippen molar-refractivity contribution in [3.8, 4) is 11.1 Å². The Labute approximate surface area is 192 Å². The van der Waals surface area contributed by atoms with Gasteiger partial charge in [0.05, 0.1) is 6.54 Å². The van der Waals surface area contributed by atoms with Crippen LogP contribution < -0.4 is 10.6 Å². The highest BCUT2D eigenvalue weighted by molar-refractivity contribution is 5.86. The number of benzene rings is 2. The Morgan fingerprint density at radius 2 is 1.55 bits per heavy atom. The van der Waals surface area contributed by atoms with E-state index in [4.69, 9.17) is 19.3 Å². The van der Waals surface area contributed by atoms with E-state index in [2.05, 4.69) is 10.6 Å². The molecule has 0 saturated carbocycles. The third kappa shape index (κ3) is 6.09. The summed E-state index contributed by atoms with van der Waals surface area (Å²) in [7, 11) is 2.86. The molecule has 33 heavy (non-hydrogen) atoms. The van der Waals surface area contributed by atoms with E-state index in [1.807, 2.05) is 48.5 Å². The second kappa shape index (κ2) is 11.4. The topological polar surface area (TPSA) is 123 Å². The number of rotatable bonds is 11. The summed E-state index contributed by atoms with van der Waals surface area (Å²) < 4.78 is 15.5. The van der Waals surface area contributed by atoms with Gasteiger partial charge in [0.2, 0.25) is 5.91 Å². The molecular formula is C24H28N2O7. The molecule has 9 heteroatoms. The minimum atomic E-state index is -1.08. The van der Waals surface area contributed by atoms with Gasteiger partial charge in [-0.1, -0.05) is 48.5 Å². The van der Waals surface area contributed by atoms with E-state index >= 15 is 0 Å². The van der Waals surface area contributed by atoms with Gasteiger partial charge in [-0.25, -0.2) is 4.79 Å². The Kier molecular flexibility index (Phi) is 8.39. The number of amides is 2. The summed E-state index contributed by atoms with van der Waals surface area (Å²) in [6.45, 7) is 0.129. The van der Waals surface area contributed by atoms with E-state index in [1.54, 1.807) is 0 Å². The maximum absolute atomic E-state index is 12.5. The Balaban J connectivity index is 1.63. The van der Waals surface area contributed by atoms with Gasteiger partial charge in [-0.3, -0.25) is 9.59 Å². The van der Waals surface area contributed by atoms with Crippen molar-refractivity contribution in [2.75, 3.05) is 27.4 Å². The summed E-state index contributed by atoms with van der Waals surface area (Å²) in [5, 5.41) is 14.1. The van der Waals surface area contributed by atoms with Gasteiger partial charge in [-0.2, -0.15) is 0 Å². The molecule has 0 spiro atoms. The highest BCUT2D eigenvalue weighted by Gasteiger charge is 2.30.